The number of pyridine rings is 1. The molecule has 2 saturated heterocycles. The van der Waals surface area contributed by atoms with Crippen LogP contribution in [-0.4, -0.2) is 66.2 Å². The number of halogens is 1. The van der Waals surface area contributed by atoms with Crippen LogP contribution in [-0.2, 0) is 9.53 Å². The summed E-state index contributed by atoms with van der Waals surface area (Å²) in [4.78, 5) is 20.7. The highest BCUT2D eigenvalue weighted by Crippen LogP contribution is 2.26. The number of ether oxygens (including phenoxy) is 1. The zero-order chi connectivity index (χ0) is 16.2. The van der Waals surface area contributed by atoms with Gasteiger partial charge in [-0.3, -0.25) is 4.79 Å². The van der Waals surface area contributed by atoms with Gasteiger partial charge in [-0.15, -0.1) is 0 Å². The molecule has 3 rings (SSSR count). The Labute approximate surface area is 144 Å². The van der Waals surface area contributed by atoms with Gasteiger partial charge in [-0.25, -0.2) is 4.98 Å². The van der Waals surface area contributed by atoms with Gasteiger partial charge in [-0.1, -0.05) is 11.6 Å². The lowest BCUT2D eigenvalue weighted by atomic mass is 10.2. The zero-order valence-electron chi connectivity index (χ0n) is 12.6. The summed E-state index contributed by atoms with van der Waals surface area (Å²) in [5, 5.41) is 9.31. The molecule has 0 spiro atoms. The van der Waals surface area contributed by atoms with Gasteiger partial charge in [-0.2, -0.15) is 17.0 Å². The lowest BCUT2D eigenvalue weighted by molar-refractivity contribution is -0.144. The molecular formula is C15H17ClN4O2S. The van der Waals surface area contributed by atoms with Crippen molar-refractivity contribution in [1.29, 1.82) is 5.26 Å². The number of amides is 1. The maximum Gasteiger partial charge on any atom is 0.253 e. The van der Waals surface area contributed by atoms with E-state index >= 15 is 0 Å². The topological polar surface area (TPSA) is 69.5 Å². The summed E-state index contributed by atoms with van der Waals surface area (Å²) in [7, 11) is 0. The highest BCUT2D eigenvalue weighted by molar-refractivity contribution is 7.99. The second-order valence-electron chi connectivity index (χ2n) is 5.38. The Morgan fingerprint density at radius 3 is 2.91 bits per heavy atom. The fourth-order valence-corrected chi connectivity index (χ4v) is 3.89. The maximum absolute atomic E-state index is 12.6. The molecule has 2 fully saturated rings. The summed E-state index contributed by atoms with van der Waals surface area (Å²) in [6.45, 7) is 3.06. The largest absolute Gasteiger partial charge is 0.365 e. The standard InChI is InChI=1S/C15H17ClN4O2S/c16-12-7-11(8-17)9-18-14(12)20-1-4-22-13(10-20)15(21)19-2-5-23-6-3-19/h7,9,13H,1-6,10H2. The van der Waals surface area contributed by atoms with Gasteiger partial charge < -0.3 is 14.5 Å². The third-order valence-electron chi connectivity index (χ3n) is 3.92. The number of aromatic nitrogens is 1. The molecule has 3 heterocycles. The molecule has 0 aromatic carbocycles. The Kier molecular flexibility index (Phi) is 5.26. The van der Waals surface area contributed by atoms with Crippen molar-refractivity contribution in [2.45, 2.75) is 6.10 Å². The van der Waals surface area contributed by atoms with Gasteiger partial charge in [0.1, 0.15) is 11.9 Å². The predicted octanol–water partition coefficient (Wildman–Crippen LogP) is 1.39. The van der Waals surface area contributed by atoms with E-state index in [2.05, 4.69) is 4.98 Å². The van der Waals surface area contributed by atoms with Crippen molar-refractivity contribution in [3.05, 3.63) is 22.8 Å². The molecule has 1 aromatic heterocycles. The number of thioether (sulfide) groups is 1. The average molecular weight is 353 g/mol. The molecule has 1 atom stereocenters. The Morgan fingerprint density at radius 2 is 2.22 bits per heavy atom. The molecule has 1 aromatic rings. The Balaban J connectivity index is 1.70. The van der Waals surface area contributed by atoms with Crippen molar-refractivity contribution in [3.63, 3.8) is 0 Å². The van der Waals surface area contributed by atoms with Gasteiger partial charge in [0.05, 0.1) is 23.7 Å². The lowest BCUT2D eigenvalue weighted by Gasteiger charge is -2.36. The van der Waals surface area contributed by atoms with E-state index in [4.69, 9.17) is 21.6 Å². The van der Waals surface area contributed by atoms with Crippen LogP contribution in [0.2, 0.25) is 5.02 Å². The SMILES string of the molecule is N#Cc1cnc(N2CCOC(C(=O)N3CCSCC3)C2)c(Cl)c1. The summed E-state index contributed by atoms with van der Waals surface area (Å²) in [6, 6.07) is 3.61. The monoisotopic (exact) mass is 352 g/mol. The number of nitrogens with zero attached hydrogens (tertiary/aromatic N) is 4. The highest BCUT2D eigenvalue weighted by Gasteiger charge is 2.32. The molecule has 0 N–H and O–H groups in total. The lowest BCUT2D eigenvalue weighted by Crippen LogP contribution is -2.52. The predicted molar refractivity (Wildman–Crippen MR) is 89.8 cm³/mol. The molecule has 1 unspecified atom stereocenters. The maximum atomic E-state index is 12.6. The van der Waals surface area contributed by atoms with E-state index in [1.807, 2.05) is 27.6 Å². The van der Waals surface area contributed by atoms with E-state index in [0.29, 0.717) is 36.1 Å². The number of rotatable bonds is 2. The minimum atomic E-state index is -0.486. The van der Waals surface area contributed by atoms with Crippen molar-refractivity contribution in [2.75, 3.05) is 49.2 Å². The van der Waals surface area contributed by atoms with Crippen LogP contribution >= 0.6 is 23.4 Å². The summed E-state index contributed by atoms with van der Waals surface area (Å²) in [5.74, 6) is 2.59. The first-order chi connectivity index (χ1) is 11.2. The summed E-state index contributed by atoms with van der Waals surface area (Å²) in [5.41, 5.74) is 0.422. The fraction of sp³-hybridized carbons (Fsp3) is 0.533. The molecule has 0 radical (unpaired) electrons. The van der Waals surface area contributed by atoms with Gasteiger partial charge in [0.15, 0.2) is 6.10 Å². The first kappa shape index (κ1) is 16.4. The van der Waals surface area contributed by atoms with Crippen LogP contribution in [0.1, 0.15) is 5.56 Å². The van der Waals surface area contributed by atoms with E-state index in [0.717, 1.165) is 24.6 Å². The van der Waals surface area contributed by atoms with E-state index < -0.39 is 6.10 Å². The van der Waals surface area contributed by atoms with Crippen LogP contribution in [0.5, 0.6) is 0 Å². The molecule has 23 heavy (non-hydrogen) atoms. The van der Waals surface area contributed by atoms with Crippen molar-refractivity contribution in [1.82, 2.24) is 9.88 Å². The first-order valence-electron chi connectivity index (χ1n) is 7.48. The average Bonchev–Trinajstić information content (AvgIpc) is 2.61. The van der Waals surface area contributed by atoms with E-state index in [-0.39, 0.29) is 5.91 Å². The van der Waals surface area contributed by atoms with Gasteiger partial charge in [-0.05, 0) is 6.07 Å². The Bertz CT molecular complexity index is 630. The van der Waals surface area contributed by atoms with Crippen molar-refractivity contribution >= 4 is 35.1 Å². The number of hydrogen-bond donors (Lipinski definition) is 0. The number of anilines is 1. The summed E-state index contributed by atoms with van der Waals surface area (Å²) in [6.07, 6.45) is 1.01. The molecule has 122 valence electrons. The molecule has 0 saturated carbocycles. The molecule has 0 bridgehead atoms. The number of nitriles is 1. The molecule has 0 aliphatic carbocycles. The number of carbonyl (C=O) groups excluding carboxylic acids is 1. The molecule has 6 nitrogen and oxygen atoms in total. The van der Waals surface area contributed by atoms with Crippen molar-refractivity contribution < 1.29 is 9.53 Å². The quantitative estimate of drug-likeness (QED) is 0.801. The summed E-state index contributed by atoms with van der Waals surface area (Å²) < 4.78 is 5.67. The van der Waals surface area contributed by atoms with Crippen LogP contribution in [0.25, 0.3) is 0 Å². The van der Waals surface area contributed by atoms with Crippen LogP contribution in [0, 0.1) is 11.3 Å². The number of hydrogen-bond acceptors (Lipinski definition) is 6. The van der Waals surface area contributed by atoms with Crippen molar-refractivity contribution in [2.24, 2.45) is 0 Å². The van der Waals surface area contributed by atoms with Gasteiger partial charge in [0.2, 0.25) is 0 Å². The molecule has 2 aliphatic heterocycles. The Morgan fingerprint density at radius 1 is 1.43 bits per heavy atom. The van der Waals surface area contributed by atoms with Crippen LogP contribution in [0.4, 0.5) is 5.82 Å². The van der Waals surface area contributed by atoms with Gasteiger partial charge >= 0.3 is 0 Å². The zero-order valence-corrected chi connectivity index (χ0v) is 14.1. The van der Waals surface area contributed by atoms with E-state index in [1.165, 1.54) is 6.20 Å². The van der Waals surface area contributed by atoms with Gasteiger partial charge in [0.25, 0.3) is 5.91 Å². The third-order valence-corrected chi connectivity index (χ3v) is 5.14. The molecule has 2 aliphatic rings. The molecule has 1 amide bonds. The van der Waals surface area contributed by atoms with E-state index in [1.54, 1.807) is 6.07 Å². The normalized spacial score (nSPS) is 21.8. The fourth-order valence-electron chi connectivity index (χ4n) is 2.70. The molecular weight excluding hydrogens is 336 g/mol. The number of carbonyl (C=O) groups is 1. The second-order valence-corrected chi connectivity index (χ2v) is 7.02. The van der Waals surface area contributed by atoms with Crippen LogP contribution in [0.15, 0.2) is 12.3 Å². The first-order valence-corrected chi connectivity index (χ1v) is 9.01. The van der Waals surface area contributed by atoms with Crippen molar-refractivity contribution in [3.8, 4) is 6.07 Å². The van der Waals surface area contributed by atoms with Crippen LogP contribution < -0.4 is 4.90 Å². The summed E-state index contributed by atoms with van der Waals surface area (Å²) >= 11 is 8.09. The number of morpholine rings is 1. The van der Waals surface area contributed by atoms with Gasteiger partial charge in [0, 0.05) is 37.3 Å². The Hall–Kier alpha value is -1.49. The smallest absolute Gasteiger partial charge is 0.253 e. The highest BCUT2D eigenvalue weighted by atomic mass is 35.5. The molecule has 8 heteroatoms. The third kappa shape index (κ3) is 3.71. The van der Waals surface area contributed by atoms with Crippen LogP contribution in [0.3, 0.4) is 0 Å². The second kappa shape index (κ2) is 7.39. The van der Waals surface area contributed by atoms with E-state index in [9.17, 15) is 4.79 Å². The minimum Gasteiger partial charge on any atom is -0.365 e. The minimum absolute atomic E-state index is 0.0415.